The van der Waals surface area contributed by atoms with E-state index in [4.69, 9.17) is 9.15 Å². The van der Waals surface area contributed by atoms with Crippen LogP contribution in [0.25, 0.3) is 0 Å². The fraction of sp³-hybridized carbons (Fsp3) is 0.846. The number of hydrogen-bond acceptors (Lipinski definition) is 5. The third kappa shape index (κ3) is 4.07. The average molecular weight is 253 g/mol. The standard InChI is InChI=1S/C13H23N3O2/c1-13(2,3)14-7-4-5-11-15-16-12(18-11)10-6-8-17-9-10/h10,14H,4-9H2,1-3H3. The number of nitrogens with one attached hydrogen (secondary N) is 1. The highest BCUT2D eigenvalue weighted by molar-refractivity contribution is 4.93. The van der Waals surface area contributed by atoms with Gasteiger partial charge in [-0.3, -0.25) is 0 Å². The second-order valence-electron chi connectivity index (χ2n) is 5.87. The lowest BCUT2D eigenvalue weighted by Crippen LogP contribution is -2.36. The van der Waals surface area contributed by atoms with Crippen LogP contribution < -0.4 is 5.32 Å². The minimum Gasteiger partial charge on any atom is -0.425 e. The largest absolute Gasteiger partial charge is 0.425 e. The zero-order valence-corrected chi connectivity index (χ0v) is 11.5. The lowest BCUT2D eigenvalue weighted by atomic mass is 10.1. The van der Waals surface area contributed by atoms with Crippen molar-refractivity contribution in [2.75, 3.05) is 19.8 Å². The van der Waals surface area contributed by atoms with Crippen molar-refractivity contribution in [3.8, 4) is 0 Å². The van der Waals surface area contributed by atoms with Crippen LogP contribution in [0.2, 0.25) is 0 Å². The van der Waals surface area contributed by atoms with E-state index in [0.717, 1.165) is 44.2 Å². The van der Waals surface area contributed by atoms with Gasteiger partial charge in [-0.15, -0.1) is 10.2 Å². The topological polar surface area (TPSA) is 60.2 Å². The zero-order chi connectivity index (χ0) is 13.0. The molecule has 0 spiro atoms. The van der Waals surface area contributed by atoms with Crippen LogP contribution in [0.3, 0.4) is 0 Å². The summed E-state index contributed by atoms with van der Waals surface area (Å²) in [4.78, 5) is 0. The molecular weight excluding hydrogens is 230 g/mol. The summed E-state index contributed by atoms with van der Waals surface area (Å²) in [6.45, 7) is 8.98. The number of ether oxygens (including phenoxy) is 1. The van der Waals surface area contributed by atoms with Crippen molar-refractivity contribution < 1.29 is 9.15 Å². The van der Waals surface area contributed by atoms with E-state index < -0.39 is 0 Å². The maximum absolute atomic E-state index is 5.67. The van der Waals surface area contributed by atoms with Crippen molar-refractivity contribution in [1.29, 1.82) is 0 Å². The highest BCUT2D eigenvalue weighted by atomic mass is 16.5. The van der Waals surface area contributed by atoms with Crippen LogP contribution in [0, 0.1) is 0 Å². The Morgan fingerprint density at radius 3 is 2.83 bits per heavy atom. The van der Waals surface area contributed by atoms with Crippen molar-refractivity contribution >= 4 is 0 Å². The maximum Gasteiger partial charge on any atom is 0.222 e. The Kier molecular flexibility index (Phi) is 4.35. The molecule has 18 heavy (non-hydrogen) atoms. The van der Waals surface area contributed by atoms with Gasteiger partial charge >= 0.3 is 0 Å². The first-order chi connectivity index (χ1) is 8.54. The molecule has 1 atom stereocenters. The van der Waals surface area contributed by atoms with E-state index in [1.807, 2.05) is 0 Å². The molecule has 1 aromatic heterocycles. The molecule has 1 aliphatic rings. The second kappa shape index (κ2) is 5.80. The molecule has 2 rings (SSSR count). The number of hydrogen-bond donors (Lipinski definition) is 1. The minimum atomic E-state index is 0.168. The van der Waals surface area contributed by atoms with Gasteiger partial charge in [0.25, 0.3) is 0 Å². The molecule has 0 aliphatic carbocycles. The fourth-order valence-electron chi connectivity index (χ4n) is 1.96. The lowest BCUT2D eigenvalue weighted by Gasteiger charge is -2.19. The van der Waals surface area contributed by atoms with Crippen LogP contribution in [-0.2, 0) is 11.2 Å². The van der Waals surface area contributed by atoms with Crippen molar-refractivity contribution in [3.05, 3.63) is 11.8 Å². The van der Waals surface area contributed by atoms with Crippen LogP contribution in [0.5, 0.6) is 0 Å². The van der Waals surface area contributed by atoms with Crippen LogP contribution >= 0.6 is 0 Å². The van der Waals surface area contributed by atoms with Crippen LogP contribution in [0.4, 0.5) is 0 Å². The minimum absolute atomic E-state index is 0.168. The Hall–Kier alpha value is -0.940. The van der Waals surface area contributed by atoms with Gasteiger partial charge in [-0.2, -0.15) is 0 Å². The third-order valence-electron chi connectivity index (χ3n) is 2.98. The molecule has 1 N–H and O–H groups in total. The number of rotatable bonds is 5. The number of aromatic nitrogens is 2. The normalized spacial score (nSPS) is 20.5. The molecule has 0 amide bonds. The predicted molar refractivity (Wildman–Crippen MR) is 68.6 cm³/mol. The molecule has 5 nitrogen and oxygen atoms in total. The summed E-state index contributed by atoms with van der Waals surface area (Å²) in [5.41, 5.74) is 0.168. The Balaban J connectivity index is 1.73. The summed E-state index contributed by atoms with van der Waals surface area (Å²) in [7, 11) is 0. The molecule has 2 heterocycles. The molecule has 1 unspecified atom stereocenters. The van der Waals surface area contributed by atoms with E-state index in [2.05, 4.69) is 36.3 Å². The quantitative estimate of drug-likeness (QED) is 0.812. The SMILES string of the molecule is CC(C)(C)NCCCc1nnc(C2CCOC2)o1. The van der Waals surface area contributed by atoms with Gasteiger partial charge in [-0.1, -0.05) is 0 Å². The summed E-state index contributed by atoms with van der Waals surface area (Å²) < 4.78 is 11.0. The van der Waals surface area contributed by atoms with Crippen LogP contribution in [-0.4, -0.2) is 35.5 Å². The Labute approximate surface area is 108 Å². The van der Waals surface area contributed by atoms with Crippen molar-refractivity contribution in [2.45, 2.75) is 51.5 Å². The van der Waals surface area contributed by atoms with Gasteiger partial charge in [0, 0.05) is 18.6 Å². The highest BCUT2D eigenvalue weighted by Crippen LogP contribution is 2.23. The molecular formula is C13H23N3O2. The summed E-state index contributed by atoms with van der Waals surface area (Å²) in [6.07, 6.45) is 2.84. The molecule has 1 fully saturated rings. The van der Waals surface area contributed by atoms with Gasteiger partial charge in [-0.25, -0.2) is 0 Å². The van der Waals surface area contributed by atoms with Gasteiger partial charge in [0.15, 0.2) is 0 Å². The number of aryl methyl sites for hydroxylation is 1. The van der Waals surface area contributed by atoms with E-state index in [-0.39, 0.29) is 5.54 Å². The monoisotopic (exact) mass is 253 g/mol. The molecule has 0 saturated carbocycles. The summed E-state index contributed by atoms with van der Waals surface area (Å²) in [6, 6.07) is 0. The molecule has 1 saturated heterocycles. The van der Waals surface area contributed by atoms with Crippen molar-refractivity contribution in [1.82, 2.24) is 15.5 Å². The van der Waals surface area contributed by atoms with E-state index >= 15 is 0 Å². The summed E-state index contributed by atoms with van der Waals surface area (Å²) in [5.74, 6) is 1.79. The molecule has 1 aliphatic heterocycles. The summed E-state index contributed by atoms with van der Waals surface area (Å²) >= 11 is 0. The van der Waals surface area contributed by atoms with E-state index in [9.17, 15) is 0 Å². The van der Waals surface area contributed by atoms with Crippen LogP contribution in [0.15, 0.2) is 4.42 Å². The van der Waals surface area contributed by atoms with Crippen molar-refractivity contribution in [2.24, 2.45) is 0 Å². The van der Waals surface area contributed by atoms with Gasteiger partial charge in [0.2, 0.25) is 11.8 Å². The first-order valence-electron chi connectivity index (χ1n) is 6.70. The number of nitrogens with zero attached hydrogens (tertiary/aromatic N) is 2. The highest BCUT2D eigenvalue weighted by Gasteiger charge is 2.23. The molecule has 0 radical (unpaired) electrons. The van der Waals surface area contributed by atoms with E-state index in [0.29, 0.717) is 12.5 Å². The smallest absolute Gasteiger partial charge is 0.222 e. The fourth-order valence-corrected chi connectivity index (χ4v) is 1.96. The molecule has 102 valence electrons. The summed E-state index contributed by atoms with van der Waals surface area (Å²) in [5, 5.41) is 11.6. The zero-order valence-electron chi connectivity index (χ0n) is 11.5. The van der Waals surface area contributed by atoms with Gasteiger partial charge < -0.3 is 14.5 Å². The first kappa shape index (κ1) is 13.5. The first-order valence-corrected chi connectivity index (χ1v) is 6.70. The second-order valence-corrected chi connectivity index (χ2v) is 5.87. The lowest BCUT2D eigenvalue weighted by molar-refractivity contribution is 0.190. The van der Waals surface area contributed by atoms with Gasteiger partial charge in [-0.05, 0) is 40.2 Å². The molecule has 0 aromatic carbocycles. The maximum atomic E-state index is 5.67. The van der Waals surface area contributed by atoms with Crippen molar-refractivity contribution in [3.63, 3.8) is 0 Å². The Bertz CT molecular complexity index is 365. The van der Waals surface area contributed by atoms with Crippen LogP contribution in [0.1, 0.15) is 51.3 Å². The Morgan fingerprint density at radius 2 is 2.17 bits per heavy atom. The van der Waals surface area contributed by atoms with E-state index in [1.165, 1.54) is 0 Å². The van der Waals surface area contributed by atoms with Gasteiger partial charge in [0.1, 0.15) is 0 Å². The molecule has 5 heteroatoms. The third-order valence-corrected chi connectivity index (χ3v) is 2.98. The molecule has 0 bridgehead atoms. The Morgan fingerprint density at radius 1 is 1.33 bits per heavy atom. The van der Waals surface area contributed by atoms with E-state index in [1.54, 1.807) is 0 Å². The average Bonchev–Trinajstić information content (AvgIpc) is 2.93. The molecule has 1 aromatic rings. The van der Waals surface area contributed by atoms with Gasteiger partial charge in [0.05, 0.1) is 12.5 Å². The predicted octanol–water partition coefficient (Wildman–Crippen LogP) is 1.89.